The van der Waals surface area contributed by atoms with Gasteiger partial charge in [-0.05, 0) is 25.0 Å². The number of benzene rings is 1. The summed E-state index contributed by atoms with van der Waals surface area (Å²) in [5.41, 5.74) is 1.43. The minimum Gasteiger partial charge on any atom is -0.339 e. The Morgan fingerprint density at radius 2 is 2.10 bits per heavy atom. The van der Waals surface area contributed by atoms with Gasteiger partial charge in [0.25, 0.3) is 5.91 Å². The van der Waals surface area contributed by atoms with E-state index in [1.165, 1.54) is 10.9 Å². The van der Waals surface area contributed by atoms with E-state index in [-0.39, 0.29) is 11.6 Å². The van der Waals surface area contributed by atoms with Gasteiger partial charge in [0.15, 0.2) is 5.69 Å². The number of amides is 1. The smallest absolute Gasteiger partial charge is 0.258 e. The van der Waals surface area contributed by atoms with Gasteiger partial charge in [0.1, 0.15) is 6.07 Å². The number of para-hydroxylation sites is 1. The quantitative estimate of drug-likeness (QED) is 0.853. The normalized spacial score (nSPS) is 13.8. The minimum atomic E-state index is -0.133. The van der Waals surface area contributed by atoms with Gasteiger partial charge in [-0.3, -0.25) is 4.79 Å². The molecule has 1 fully saturated rings. The number of nitrogens with zero attached hydrogens (tertiary/aromatic N) is 4. The molecule has 1 aliphatic carbocycles. The number of hydrogen-bond acceptors (Lipinski definition) is 3. The lowest BCUT2D eigenvalue weighted by Gasteiger charge is -2.15. The van der Waals surface area contributed by atoms with Crippen LogP contribution in [0.2, 0.25) is 0 Å². The molecule has 100 valence electrons. The molecule has 20 heavy (non-hydrogen) atoms. The first-order valence-electron chi connectivity index (χ1n) is 6.53. The number of carbonyl (C=O) groups excluding carboxylic acids is 1. The largest absolute Gasteiger partial charge is 0.339 e. The summed E-state index contributed by atoms with van der Waals surface area (Å²) in [7, 11) is 1.78. The van der Waals surface area contributed by atoms with Crippen molar-refractivity contribution in [2.45, 2.75) is 18.9 Å². The maximum Gasteiger partial charge on any atom is 0.258 e. The first-order valence-corrected chi connectivity index (χ1v) is 6.53. The van der Waals surface area contributed by atoms with Crippen LogP contribution in [0.5, 0.6) is 0 Å². The maximum absolute atomic E-state index is 12.4. The summed E-state index contributed by atoms with van der Waals surface area (Å²) >= 11 is 0. The van der Waals surface area contributed by atoms with Crippen LogP contribution in [0.4, 0.5) is 0 Å². The van der Waals surface area contributed by atoms with Crippen LogP contribution in [0.1, 0.15) is 28.9 Å². The lowest BCUT2D eigenvalue weighted by molar-refractivity contribution is 0.0785. The van der Waals surface area contributed by atoms with Crippen molar-refractivity contribution in [1.29, 1.82) is 5.26 Å². The average molecular weight is 266 g/mol. The van der Waals surface area contributed by atoms with E-state index in [1.54, 1.807) is 11.9 Å². The van der Waals surface area contributed by atoms with Crippen molar-refractivity contribution in [1.82, 2.24) is 14.7 Å². The lowest BCUT2D eigenvalue weighted by Crippen LogP contribution is -2.29. The van der Waals surface area contributed by atoms with Gasteiger partial charge in [0.05, 0.1) is 17.4 Å². The predicted octanol–water partition coefficient (Wildman–Crippen LogP) is 1.98. The highest BCUT2D eigenvalue weighted by atomic mass is 16.2. The van der Waals surface area contributed by atoms with Crippen molar-refractivity contribution < 1.29 is 4.79 Å². The van der Waals surface area contributed by atoms with E-state index in [9.17, 15) is 10.1 Å². The SMILES string of the molecule is CN(C(=O)c1cnn(-c2ccccc2)c1C#N)C1CC1. The van der Waals surface area contributed by atoms with Crippen molar-refractivity contribution in [2.24, 2.45) is 0 Å². The molecule has 1 aliphatic rings. The van der Waals surface area contributed by atoms with E-state index in [0.717, 1.165) is 18.5 Å². The van der Waals surface area contributed by atoms with Crippen molar-refractivity contribution >= 4 is 5.91 Å². The molecule has 1 saturated carbocycles. The highest BCUT2D eigenvalue weighted by Crippen LogP contribution is 2.27. The van der Waals surface area contributed by atoms with Crippen LogP contribution < -0.4 is 0 Å². The maximum atomic E-state index is 12.4. The van der Waals surface area contributed by atoms with Crippen LogP contribution in [-0.2, 0) is 0 Å². The highest BCUT2D eigenvalue weighted by Gasteiger charge is 2.32. The van der Waals surface area contributed by atoms with Gasteiger partial charge < -0.3 is 4.90 Å². The van der Waals surface area contributed by atoms with E-state index in [1.807, 2.05) is 30.3 Å². The van der Waals surface area contributed by atoms with Crippen LogP contribution >= 0.6 is 0 Å². The molecule has 0 bridgehead atoms. The van der Waals surface area contributed by atoms with Crippen molar-refractivity contribution in [3.05, 3.63) is 47.8 Å². The standard InChI is InChI=1S/C15H14N4O/c1-18(11-7-8-11)15(20)13-10-17-19(14(13)9-16)12-5-3-2-4-6-12/h2-6,10-11H,7-8H2,1H3. The molecule has 1 heterocycles. The Labute approximate surface area is 117 Å². The Hall–Kier alpha value is -2.61. The van der Waals surface area contributed by atoms with Crippen molar-refractivity contribution in [2.75, 3.05) is 7.05 Å². The molecule has 0 saturated heterocycles. The van der Waals surface area contributed by atoms with Gasteiger partial charge in [0.2, 0.25) is 0 Å². The van der Waals surface area contributed by atoms with Gasteiger partial charge >= 0.3 is 0 Å². The summed E-state index contributed by atoms with van der Waals surface area (Å²) < 4.78 is 1.51. The Morgan fingerprint density at radius 1 is 1.40 bits per heavy atom. The Balaban J connectivity index is 2.00. The average Bonchev–Trinajstić information content (AvgIpc) is 3.25. The number of nitriles is 1. The monoisotopic (exact) mass is 266 g/mol. The summed E-state index contributed by atoms with van der Waals surface area (Å²) in [5.74, 6) is -0.133. The molecular weight excluding hydrogens is 252 g/mol. The summed E-state index contributed by atoms with van der Waals surface area (Å²) in [6.45, 7) is 0. The molecule has 0 spiro atoms. The minimum absolute atomic E-state index is 0.133. The second-order valence-corrected chi connectivity index (χ2v) is 4.91. The molecule has 1 aromatic heterocycles. The molecule has 2 aromatic rings. The van der Waals surface area contributed by atoms with Crippen LogP contribution in [0.3, 0.4) is 0 Å². The number of aromatic nitrogens is 2. The summed E-state index contributed by atoms with van der Waals surface area (Å²) in [6.07, 6.45) is 3.56. The van der Waals surface area contributed by atoms with E-state index < -0.39 is 0 Å². The fraction of sp³-hybridized carbons (Fsp3) is 0.267. The molecule has 0 radical (unpaired) electrons. The molecule has 0 N–H and O–H groups in total. The second kappa shape index (κ2) is 4.82. The van der Waals surface area contributed by atoms with E-state index in [4.69, 9.17) is 0 Å². The van der Waals surface area contributed by atoms with Crippen LogP contribution in [0.15, 0.2) is 36.5 Å². The summed E-state index contributed by atoms with van der Waals surface area (Å²) in [5, 5.41) is 13.5. The summed E-state index contributed by atoms with van der Waals surface area (Å²) in [6, 6.07) is 11.7. The van der Waals surface area contributed by atoms with E-state index in [2.05, 4.69) is 11.2 Å². The third kappa shape index (κ3) is 2.05. The molecule has 0 aliphatic heterocycles. The topological polar surface area (TPSA) is 61.9 Å². The fourth-order valence-electron chi connectivity index (χ4n) is 2.20. The Kier molecular flexibility index (Phi) is 2.99. The molecule has 3 rings (SSSR count). The number of carbonyl (C=O) groups is 1. The second-order valence-electron chi connectivity index (χ2n) is 4.91. The molecule has 1 aromatic carbocycles. The highest BCUT2D eigenvalue weighted by molar-refractivity contribution is 5.96. The first kappa shape index (κ1) is 12.4. The fourth-order valence-corrected chi connectivity index (χ4v) is 2.20. The van der Waals surface area contributed by atoms with Gasteiger partial charge in [-0.2, -0.15) is 10.4 Å². The van der Waals surface area contributed by atoms with Crippen LogP contribution in [0, 0.1) is 11.3 Å². The molecule has 0 unspecified atom stereocenters. The molecule has 5 heteroatoms. The van der Waals surface area contributed by atoms with Crippen molar-refractivity contribution in [3.8, 4) is 11.8 Å². The number of rotatable bonds is 3. The van der Waals surface area contributed by atoms with Gasteiger partial charge in [-0.15, -0.1) is 0 Å². The van der Waals surface area contributed by atoms with Gasteiger partial charge in [0, 0.05) is 13.1 Å². The van der Waals surface area contributed by atoms with E-state index >= 15 is 0 Å². The molecule has 1 amide bonds. The third-order valence-corrected chi connectivity index (χ3v) is 3.52. The Morgan fingerprint density at radius 3 is 2.70 bits per heavy atom. The number of hydrogen-bond donors (Lipinski definition) is 0. The van der Waals surface area contributed by atoms with Gasteiger partial charge in [-0.1, -0.05) is 18.2 Å². The first-order chi connectivity index (χ1) is 9.72. The lowest BCUT2D eigenvalue weighted by atomic mass is 10.2. The summed E-state index contributed by atoms with van der Waals surface area (Å²) in [4.78, 5) is 14.1. The molecule has 0 atom stereocenters. The third-order valence-electron chi connectivity index (χ3n) is 3.52. The van der Waals surface area contributed by atoms with Crippen molar-refractivity contribution in [3.63, 3.8) is 0 Å². The van der Waals surface area contributed by atoms with Crippen LogP contribution in [0.25, 0.3) is 5.69 Å². The zero-order valence-electron chi connectivity index (χ0n) is 11.2. The molecular formula is C15H14N4O. The zero-order valence-corrected chi connectivity index (χ0v) is 11.2. The van der Waals surface area contributed by atoms with E-state index in [0.29, 0.717) is 11.6 Å². The zero-order chi connectivity index (χ0) is 14.1. The van der Waals surface area contributed by atoms with Crippen LogP contribution in [-0.4, -0.2) is 33.7 Å². The molecule has 5 nitrogen and oxygen atoms in total. The Bertz CT molecular complexity index is 680. The van der Waals surface area contributed by atoms with Gasteiger partial charge in [-0.25, -0.2) is 4.68 Å². The predicted molar refractivity (Wildman–Crippen MR) is 73.4 cm³/mol.